The molecular weight excluding hydrogens is 476 g/mol. The summed E-state index contributed by atoms with van der Waals surface area (Å²) in [6.45, 7) is -0.364. The minimum atomic E-state index is -4.47. The standard InChI is InChI=1S/C22H20F4N4O3S/c23-16-5-1-14(2-6-16)9-27-19(32)11-30-18(12-31)10-28-21(30)34-13-20(33)29-17-7-3-15(4-8-17)22(24,25)26/h1-8,10,31H,9,11-13H2,(H,27,32)(H,29,33). The Morgan fingerprint density at radius 2 is 1.71 bits per heavy atom. The molecule has 3 rings (SSSR count). The van der Waals surface area contributed by atoms with Gasteiger partial charge in [-0.3, -0.25) is 9.59 Å². The predicted octanol–water partition coefficient (Wildman–Crippen LogP) is 3.58. The fraction of sp³-hybridized carbons (Fsp3) is 0.227. The number of alkyl halides is 3. The zero-order valence-electron chi connectivity index (χ0n) is 17.6. The second-order valence-electron chi connectivity index (χ2n) is 7.09. The zero-order valence-corrected chi connectivity index (χ0v) is 18.4. The van der Waals surface area contributed by atoms with E-state index in [1.807, 2.05) is 0 Å². The lowest BCUT2D eigenvalue weighted by Gasteiger charge is -2.12. The Labute approximate surface area is 196 Å². The first-order valence-electron chi connectivity index (χ1n) is 9.92. The van der Waals surface area contributed by atoms with Crippen LogP contribution in [0, 0.1) is 5.82 Å². The number of aliphatic hydroxyl groups is 1. The summed E-state index contributed by atoms with van der Waals surface area (Å²) < 4.78 is 52.4. The van der Waals surface area contributed by atoms with E-state index in [2.05, 4.69) is 15.6 Å². The molecule has 0 aliphatic rings. The van der Waals surface area contributed by atoms with Gasteiger partial charge in [0, 0.05) is 12.2 Å². The molecule has 0 aliphatic heterocycles. The molecule has 34 heavy (non-hydrogen) atoms. The van der Waals surface area contributed by atoms with Crippen molar-refractivity contribution in [1.29, 1.82) is 0 Å². The SMILES string of the molecule is O=C(Cn1c(CO)cnc1SCC(=O)Nc1ccc(C(F)(F)F)cc1)NCc1ccc(F)cc1. The molecule has 3 aromatic rings. The van der Waals surface area contributed by atoms with Crippen molar-refractivity contribution < 1.29 is 32.3 Å². The van der Waals surface area contributed by atoms with Crippen molar-refractivity contribution in [1.82, 2.24) is 14.9 Å². The van der Waals surface area contributed by atoms with Crippen LogP contribution in [0.15, 0.2) is 59.9 Å². The van der Waals surface area contributed by atoms with Gasteiger partial charge in [0.15, 0.2) is 5.16 Å². The highest BCUT2D eigenvalue weighted by Crippen LogP contribution is 2.30. The molecule has 1 heterocycles. The first-order chi connectivity index (χ1) is 16.2. The summed E-state index contributed by atoms with van der Waals surface area (Å²) in [5.74, 6) is -1.37. The Balaban J connectivity index is 1.55. The number of halogens is 4. The summed E-state index contributed by atoms with van der Waals surface area (Å²) >= 11 is 1.00. The van der Waals surface area contributed by atoms with Crippen LogP contribution in [0.2, 0.25) is 0 Å². The van der Waals surface area contributed by atoms with E-state index in [0.717, 1.165) is 36.0 Å². The van der Waals surface area contributed by atoms with Gasteiger partial charge in [-0.05, 0) is 42.0 Å². The van der Waals surface area contributed by atoms with Gasteiger partial charge in [-0.1, -0.05) is 23.9 Å². The largest absolute Gasteiger partial charge is 0.416 e. The second kappa shape index (κ2) is 11.2. The summed E-state index contributed by atoms with van der Waals surface area (Å²) in [6.07, 6.45) is -3.09. The smallest absolute Gasteiger partial charge is 0.390 e. The monoisotopic (exact) mass is 496 g/mol. The summed E-state index contributed by atoms with van der Waals surface area (Å²) in [5, 5.41) is 15.0. The number of anilines is 1. The van der Waals surface area contributed by atoms with E-state index in [9.17, 15) is 32.3 Å². The van der Waals surface area contributed by atoms with Crippen LogP contribution >= 0.6 is 11.8 Å². The average Bonchev–Trinajstić information content (AvgIpc) is 3.18. The zero-order chi connectivity index (χ0) is 24.7. The van der Waals surface area contributed by atoms with Crippen LogP contribution in [0.4, 0.5) is 23.2 Å². The third-order valence-corrected chi connectivity index (χ3v) is 5.59. The third-order valence-electron chi connectivity index (χ3n) is 4.60. The summed E-state index contributed by atoms with van der Waals surface area (Å²) in [4.78, 5) is 28.7. The van der Waals surface area contributed by atoms with Crippen molar-refractivity contribution in [3.8, 4) is 0 Å². The Kier molecular flexibility index (Phi) is 8.29. The van der Waals surface area contributed by atoms with Gasteiger partial charge >= 0.3 is 6.18 Å². The second-order valence-corrected chi connectivity index (χ2v) is 8.03. The molecule has 0 fully saturated rings. The number of amides is 2. The van der Waals surface area contributed by atoms with Crippen LogP contribution in [0.25, 0.3) is 0 Å². The van der Waals surface area contributed by atoms with Crippen molar-refractivity contribution in [2.45, 2.75) is 31.0 Å². The minimum absolute atomic E-state index is 0.125. The molecule has 1 aromatic heterocycles. The van der Waals surface area contributed by atoms with Crippen LogP contribution in [-0.4, -0.2) is 32.2 Å². The van der Waals surface area contributed by atoms with E-state index < -0.39 is 17.6 Å². The lowest BCUT2D eigenvalue weighted by Crippen LogP contribution is -2.28. The highest BCUT2D eigenvalue weighted by atomic mass is 32.2. The number of aliphatic hydroxyl groups excluding tert-OH is 1. The van der Waals surface area contributed by atoms with Gasteiger partial charge in [0.25, 0.3) is 0 Å². The van der Waals surface area contributed by atoms with Crippen molar-refractivity contribution in [3.63, 3.8) is 0 Å². The van der Waals surface area contributed by atoms with Crippen molar-refractivity contribution in [3.05, 3.63) is 77.4 Å². The number of aromatic nitrogens is 2. The first kappa shape index (κ1) is 25.2. The highest BCUT2D eigenvalue weighted by Gasteiger charge is 2.30. The van der Waals surface area contributed by atoms with Crippen LogP contribution in [0.1, 0.15) is 16.8 Å². The number of nitrogens with zero attached hydrogens (tertiary/aromatic N) is 2. The maximum atomic E-state index is 13.0. The molecule has 0 aliphatic carbocycles. The molecule has 3 N–H and O–H groups in total. The topological polar surface area (TPSA) is 96.2 Å². The van der Waals surface area contributed by atoms with Gasteiger partial charge in [0.2, 0.25) is 11.8 Å². The van der Waals surface area contributed by atoms with Crippen molar-refractivity contribution in [2.24, 2.45) is 0 Å². The molecule has 2 amide bonds. The molecule has 2 aromatic carbocycles. The number of carbonyl (C=O) groups is 2. The molecule has 0 atom stereocenters. The quantitative estimate of drug-likeness (QED) is 0.311. The number of imidazole rings is 1. The van der Waals surface area contributed by atoms with E-state index in [-0.39, 0.29) is 42.9 Å². The molecule has 0 radical (unpaired) electrons. The molecule has 12 heteroatoms. The molecule has 0 spiro atoms. The number of rotatable bonds is 9. The number of nitrogens with one attached hydrogen (secondary N) is 2. The van der Waals surface area contributed by atoms with E-state index in [0.29, 0.717) is 16.4 Å². The Hall–Kier alpha value is -3.38. The molecule has 0 saturated heterocycles. The summed E-state index contributed by atoms with van der Waals surface area (Å²) in [5.41, 5.74) is 0.453. The fourth-order valence-corrected chi connectivity index (χ4v) is 3.67. The predicted molar refractivity (Wildman–Crippen MR) is 117 cm³/mol. The number of carbonyl (C=O) groups excluding carboxylic acids is 2. The summed E-state index contributed by atoms with van der Waals surface area (Å²) in [7, 11) is 0. The lowest BCUT2D eigenvalue weighted by molar-refractivity contribution is -0.137. The van der Waals surface area contributed by atoms with Gasteiger partial charge < -0.3 is 20.3 Å². The maximum absolute atomic E-state index is 13.0. The summed E-state index contributed by atoms with van der Waals surface area (Å²) in [6, 6.07) is 9.70. The van der Waals surface area contributed by atoms with Crippen molar-refractivity contribution in [2.75, 3.05) is 11.1 Å². The third kappa shape index (κ3) is 7.06. The minimum Gasteiger partial charge on any atom is -0.390 e. The van der Waals surface area contributed by atoms with E-state index in [1.165, 1.54) is 22.9 Å². The molecule has 180 valence electrons. The van der Waals surface area contributed by atoms with E-state index in [1.54, 1.807) is 12.1 Å². The normalized spacial score (nSPS) is 11.3. The van der Waals surface area contributed by atoms with Gasteiger partial charge in [-0.15, -0.1) is 0 Å². The van der Waals surface area contributed by atoms with E-state index >= 15 is 0 Å². The number of hydrogen-bond donors (Lipinski definition) is 3. The first-order valence-corrected chi connectivity index (χ1v) is 10.9. The highest BCUT2D eigenvalue weighted by molar-refractivity contribution is 7.99. The Bertz CT molecular complexity index is 1130. The molecule has 0 saturated carbocycles. The van der Waals surface area contributed by atoms with Crippen LogP contribution in [0.5, 0.6) is 0 Å². The molecular formula is C22H20F4N4O3S. The molecule has 0 unspecified atom stereocenters. The van der Waals surface area contributed by atoms with Crippen LogP contribution in [0.3, 0.4) is 0 Å². The molecule has 0 bridgehead atoms. The number of thioether (sulfide) groups is 1. The number of hydrogen-bond acceptors (Lipinski definition) is 5. The van der Waals surface area contributed by atoms with Crippen LogP contribution < -0.4 is 10.6 Å². The Morgan fingerprint density at radius 3 is 2.32 bits per heavy atom. The van der Waals surface area contributed by atoms with Gasteiger partial charge in [-0.2, -0.15) is 13.2 Å². The molecule has 7 nitrogen and oxygen atoms in total. The number of benzene rings is 2. The lowest BCUT2D eigenvalue weighted by atomic mass is 10.2. The van der Waals surface area contributed by atoms with Gasteiger partial charge in [0.05, 0.1) is 29.8 Å². The average molecular weight is 496 g/mol. The van der Waals surface area contributed by atoms with Gasteiger partial charge in [0.1, 0.15) is 12.4 Å². The van der Waals surface area contributed by atoms with E-state index in [4.69, 9.17) is 0 Å². The maximum Gasteiger partial charge on any atom is 0.416 e. The Morgan fingerprint density at radius 1 is 1.03 bits per heavy atom. The van der Waals surface area contributed by atoms with Gasteiger partial charge in [-0.25, -0.2) is 9.37 Å². The van der Waals surface area contributed by atoms with Crippen LogP contribution in [-0.2, 0) is 35.5 Å². The van der Waals surface area contributed by atoms with Crippen molar-refractivity contribution >= 4 is 29.3 Å². The fourth-order valence-electron chi connectivity index (χ4n) is 2.87.